The van der Waals surface area contributed by atoms with Gasteiger partial charge in [-0.3, -0.25) is 0 Å². The predicted octanol–water partition coefficient (Wildman–Crippen LogP) is 4.82. The van der Waals surface area contributed by atoms with Crippen molar-refractivity contribution >= 4 is 17.9 Å². The molecule has 0 bridgehead atoms. The quantitative estimate of drug-likeness (QED) is 0.258. The summed E-state index contributed by atoms with van der Waals surface area (Å²) in [6.07, 6.45) is 17.0. The second-order valence-corrected chi connectivity index (χ2v) is 18.8. The Balaban J connectivity index is 0.000000134. The molecule has 9 rings (SSSR count). The van der Waals surface area contributed by atoms with E-state index >= 15 is 0 Å². The minimum Gasteiger partial charge on any atom is -0.467 e. The van der Waals surface area contributed by atoms with Gasteiger partial charge in [-0.1, -0.05) is 33.1 Å². The first-order valence-electron chi connectivity index (χ1n) is 22.3. The van der Waals surface area contributed by atoms with Gasteiger partial charge in [0.15, 0.2) is 28.6 Å². The van der Waals surface area contributed by atoms with Crippen molar-refractivity contribution in [2.45, 2.75) is 214 Å². The lowest BCUT2D eigenvalue weighted by molar-refractivity contribution is -0.198. The second kappa shape index (κ2) is 17.9. The van der Waals surface area contributed by atoms with Crippen LogP contribution in [0.25, 0.3) is 0 Å². The first-order valence-corrected chi connectivity index (χ1v) is 22.3. The Morgan fingerprint density at radius 1 is 0.559 bits per heavy atom. The molecule has 3 heterocycles. The van der Waals surface area contributed by atoms with Crippen molar-refractivity contribution in [3.63, 3.8) is 0 Å². The summed E-state index contributed by atoms with van der Waals surface area (Å²) in [4.78, 5) is 35.2. The molecule has 0 amide bonds. The third-order valence-electron chi connectivity index (χ3n) is 14.3. The van der Waals surface area contributed by atoms with Crippen LogP contribution in [0.4, 0.5) is 0 Å². The standard InChI is InChI=1S/C15H24O5.C15H22O4.C14H22O6/c1-10-8-14(17,13(16)18-2)9-11-12(10)20-15(19-11)6-4-3-5-7-15;1-10-8-11(14(16)17-2)9-12-13(10)19-15(18-12)6-4-3-5-7-15;1-18-12(16)13(17)7-9(15)11-10(8-13)19-14(20-11)5-3-2-4-6-14/h10-12,17H,3-9H2,1-2H3;9-10,12-13H,3-8H2,1-2H3;9-11,15,17H,2-8H2,1H3/t10-,11?,12?,14?;10-,12?,13?;/m11./s1. The average molecular weight is 837 g/mol. The third kappa shape index (κ3) is 9.29. The number of hydrogen-bond donors (Lipinski definition) is 3. The molecule has 0 aromatic rings. The van der Waals surface area contributed by atoms with Crippen LogP contribution in [0.1, 0.15) is 142 Å². The first-order chi connectivity index (χ1) is 28.1. The summed E-state index contributed by atoms with van der Waals surface area (Å²) in [7, 11) is 3.97. The number of carbonyl (C=O) groups is 3. The summed E-state index contributed by atoms with van der Waals surface area (Å²) in [6, 6.07) is 0. The number of fused-ring (bicyclic) bond motifs is 3. The number of esters is 3. The van der Waals surface area contributed by atoms with Gasteiger partial charge in [0.1, 0.15) is 12.2 Å². The van der Waals surface area contributed by atoms with Gasteiger partial charge >= 0.3 is 17.9 Å². The summed E-state index contributed by atoms with van der Waals surface area (Å²) < 4.78 is 51.0. The fraction of sp³-hybridized carbons (Fsp3) is 0.886. The summed E-state index contributed by atoms with van der Waals surface area (Å²) in [5.41, 5.74) is -2.38. The lowest BCUT2D eigenvalue weighted by Gasteiger charge is -2.38. The molecule has 15 nitrogen and oxygen atoms in total. The number of aliphatic hydroxyl groups is 3. The zero-order valence-electron chi connectivity index (χ0n) is 35.7. The summed E-state index contributed by atoms with van der Waals surface area (Å²) in [5, 5.41) is 31.1. The van der Waals surface area contributed by atoms with Crippen LogP contribution >= 0.6 is 0 Å². The van der Waals surface area contributed by atoms with Gasteiger partial charge in [0.25, 0.3) is 0 Å². The van der Waals surface area contributed by atoms with E-state index in [2.05, 4.69) is 11.7 Å². The molecule has 3 spiro atoms. The Bertz CT molecular complexity index is 1460. The van der Waals surface area contributed by atoms with Crippen LogP contribution in [0, 0.1) is 11.8 Å². The highest BCUT2D eigenvalue weighted by Gasteiger charge is 2.60. The largest absolute Gasteiger partial charge is 0.467 e. The van der Waals surface area contributed by atoms with E-state index < -0.39 is 53.0 Å². The molecule has 15 heteroatoms. The molecule has 0 radical (unpaired) electrons. The smallest absolute Gasteiger partial charge is 0.338 e. The van der Waals surface area contributed by atoms with Crippen LogP contribution in [-0.2, 0) is 57.0 Å². The molecule has 3 saturated heterocycles. The van der Waals surface area contributed by atoms with E-state index in [0.717, 1.165) is 69.8 Å². The Kier molecular flexibility index (Phi) is 13.6. The van der Waals surface area contributed by atoms with E-state index in [1.165, 1.54) is 53.4 Å². The van der Waals surface area contributed by atoms with E-state index in [9.17, 15) is 29.7 Å². The molecule has 59 heavy (non-hydrogen) atoms. The van der Waals surface area contributed by atoms with Crippen LogP contribution in [0.15, 0.2) is 11.6 Å². The highest BCUT2D eigenvalue weighted by Crippen LogP contribution is 2.50. The van der Waals surface area contributed by atoms with Gasteiger partial charge < -0.3 is 58.0 Å². The fourth-order valence-corrected chi connectivity index (χ4v) is 11.4. The predicted molar refractivity (Wildman–Crippen MR) is 208 cm³/mol. The zero-order valence-corrected chi connectivity index (χ0v) is 35.7. The molecule has 334 valence electrons. The summed E-state index contributed by atoms with van der Waals surface area (Å²) in [5.74, 6) is -2.62. The van der Waals surface area contributed by atoms with Crippen molar-refractivity contribution in [3.05, 3.63) is 11.6 Å². The van der Waals surface area contributed by atoms with Crippen LogP contribution in [-0.4, -0.2) is 126 Å². The van der Waals surface area contributed by atoms with Gasteiger partial charge in [0.05, 0.1) is 51.8 Å². The molecule has 6 aliphatic carbocycles. The lowest BCUT2D eigenvalue weighted by Crippen LogP contribution is -2.55. The number of methoxy groups -OCH3 is 3. The molecule has 9 unspecified atom stereocenters. The van der Waals surface area contributed by atoms with Gasteiger partial charge in [-0.25, -0.2) is 14.4 Å². The second-order valence-electron chi connectivity index (χ2n) is 18.8. The maximum atomic E-state index is 11.8. The van der Waals surface area contributed by atoms with Gasteiger partial charge in [-0.15, -0.1) is 0 Å². The van der Waals surface area contributed by atoms with Gasteiger partial charge in [-0.2, -0.15) is 0 Å². The monoisotopic (exact) mass is 836 g/mol. The molecule has 9 aliphatic rings. The van der Waals surface area contributed by atoms with E-state index in [1.54, 1.807) is 0 Å². The highest BCUT2D eigenvalue weighted by atomic mass is 16.8. The molecule has 0 aromatic carbocycles. The van der Waals surface area contributed by atoms with Crippen LogP contribution in [0.3, 0.4) is 0 Å². The van der Waals surface area contributed by atoms with E-state index in [4.69, 9.17) is 37.9 Å². The first kappa shape index (κ1) is 44.8. The van der Waals surface area contributed by atoms with Gasteiger partial charge in [0, 0.05) is 63.4 Å². The van der Waals surface area contributed by atoms with E-state index in [1.807, 2.05) is 13.0 Å². The molecule has 3 aliphatic heterocycles. The summed E-state index contributed by atoms with van der Waals surface area (Å²) >= 11 is 0. The van der Waals surface area contributed by atoms with E-state index in [-0.39, 0.29) is 61.4 Å². The Labute approximate surface area is 348 Å². The van der Waals surface area contributed by atoms with E-state index in [0.29, 0.717) is 18.8 Å². The molecule has 11 atom stereocenters. The van der Waals surface area contributed by atoms with Crippen LogP contribution in [0.2, 0.25) is 0 Å². The van der Waals surface area contributed by atoms with Crippen LogP contribution in [0.5, 0.6) is 0 Å². The number of carbonyl (C=O) groups excluding carboxylic acids is 3. The van der Waals surface area contributed by atoms with Crippen molar-refractivity contribution in [1.82, 2.24) is 0 Å². The number of aliphatic hydroxyl groups excluding tert-OH is 1. The molecular weight excluding hydrogens is 768 g/mol. The minimum absolute atomic E-state index is 0.0157. The van der Waals surface area contributed by atoms with Crippen LogP contribution < -0.4 is 0 Å². The average Bonchev–Trinajstić information content (AvgIpc) is 3.89. The maximum Gasteiger partial charge on any atom is 0.338 e. The molecule has 5 saturated carbocycles. The Morgan fingerprint density at radius 3 is 1.49 bits per heavy atom. The fourth-order valence-electron chi connectivity index (χ4n) is 11.4. The van der Waals surface area contributed by atoms with Crippen molar-refractivity contribution in [3.8, 4) is 0 Å². The normalized spacial score (nSPS) is 41.2. The SMILES string of the molecule is COC(=O)C1(O)CC(O)C2OC3(CCCCC3)OC2C1.COC(=O)C1(O)CC2OC3(CCCCC3)OC2[C@H](C)C1.COC(=O)C1=CC2OC3(CCCCC3)OC2[C@H](C)C1. The number of hydrogen-bond acceptors (Lipinski definition) is 15. The van der Waals surface area contributed by atoms with Crippen molar-refractivity contribution in [2.24, 2.45) is 11.8 Å². The molecule has 0 aromatic heterocycles. The maximum absolute atomic E-state index is 11.8. The minimum atomic E-state index is -1.68. The molecular formula is C44H68O15. The van der Waals surface area contributed by atoms with Gasteiger partial charge in [0.2, 0.25) is 0 Å². The van der Waals surface area contributed by atoms with Crippen molar-refractivity contribution in [1.29, 1.82) is 0 Å². The Hall–Kier alpha value is -2.21. The van der Waals surface area contributed by atoms with Crippen molar-refractivity contribution < 1.29 is 72.3 Å². The highest BCUT2D eigenvalue weighted by molar-refractivity contribution is 5.88. The topological polar surface area (TPSA) is 195 Å². The van der Waals surface area contributed by atoms with Gasteiger partial charge in [-0.05, 0) is 69.3 Å². The molecule has 8 fully saturated rings. The third-order valence-corrected chi connectivity index (χ3v) is 14.3. The molecule has 3 N–H and O–H groups in total. The Morgan fingerprint density at radius 2 is 1.00 bits per heavy atom. The lowest BCUT2D eigenvalue weighted by atomic mass is 9.75. The zero-order chi connectivity index (χ0) is 42.2. The summed E-state index contributed by atoms with van der Waals surface area (Å²) in [6.45, 7) is 4.13. The van der Waals surface area contributed by atoms with Crippen molar-refractivity contribution in [2.75, 3.05) is 21.3 Å². The number of ether oxygens (including phenoxy) is 9. The number of rotatable bonds is 3.